The zero-order valence-electron chi connectivity index (χ0n) is 10.8. The summed E-state index contributed by atoms with van der Waals surface area (Å²) in [5.41, 5.74) is 1.38. The van der Waals surface area contributed by atoms with Crippen LogP contribution in [-0.2, 0) is 6.42 Å². The molecule has 4 heteroatoms. The first kappa shape index (κ1) is 15.0. The van der Waals surface area contributed by atoms with Gasteiger partial charge in [0, 0.05) is 0 Å². The van der Waals surface area contributed by atoms with E-state index in [9.17, 15) is 13.2 Å². The topological polar surface area (TPSA) is 12.0 Å². The first-order valence-electron chi connectivity index (χ1n) is 6.38. The third-order valence-electron chi connectivity index (χ3n) is 2.87. The largest absolute Gasteiger partial charge is 0.407 e. The lowest BCUT2D eigenvalue weighted by Gasteiger charge is -2.21. The average Bonchev–Trinajstić information content (AvgIpc) is 2.33. The number of halogens is 3. The lowest BCUT2D eigenvalue weighted by molar-refractivity contribution is -0.157. The Morgan fingerprint density at radius 3 is 2.17 bits per heavy atom. The van der Waals surface area contributed by atoms with Crippen molar-refractivity contribution in [2.45, 2.75) is 45.3 Å². The van der Waals surface area contributed by atoms with Crippen LogP contribution in [0.1, 0.15) is 43.9 Å². The molecule has 0 amide bonds. The van der Waals surface area contributed by atoms with E-state index < -0.39 is 12.2 Å². The predicted octanol–water partition coefficient (Wildman–Crippen LogP) is 4.24. The van der Waals surface area contributed by atoms with E-state index in [4.69, 9.17) is 0 Å². The van der Waals surface area contributed by atoms with Gasteiger partial charge < -0.3 is 5.32 Å². The van der Waals surface area contributed by atoms with Crippen molar-refractivity contribution in [2.75, 3.05) is 6.54 Å². The monoisotopic (exact) mass is 259 g/mol. The molecule has 1 nitrogen and oxygen atoms in total. The zero-order valence-corrected chi connectivity index (χ0v) is 10.8. The van der Waals surface area contributed by atoms with Crippen LogP contribution in [0.15, 0.2) is 24.3 Å². The number of alkyl halides is 3. The summed E-state index contributed by atoms with van der Waals surface area (Å²) >= 11 is 0. The molecule has 0 saturated heterocycles. The van der Waals surface area contributed by atoms with Crippen LogP contribution in [0.4, 0.5) is 13.2 Å². The van der Waals surface area contributed by atoms with E-state index in [1.54, 1.807) is 31.2 Å². The Bertz CT molecular complexity index is 343. The van der Waals surface area contributed by atoms with Crippen LogP contribution < -0.4 is 5.32 Å². The number of hydrogen-bond acceptors (Lipinski definition) is 1. The van der Waals surface area contributed by atoms with E-state index in [0.717, 1.165) is 24.8 Å². The van der Waals surface area contributed by atoms with E-state index in [1.165, 1.54) is 0 Å². The van der Waals surface area contributed by atoms with Crippen LogP contribution in [0, 0.1) is 0 Å². The number of unbranched alkanes of at least 4 members (excludes halogenated alkanes) is 1. The van der Waals surface area contributed by atoms with Gasteiger partial charge in [-0.1, -0.05) is 44.5 Å². The van der Waals surface area contributed by atoms with Gasteiger partial charge in [0.25, 0.3) is 0 Å². The second-order valence-electron chi connectivity index (χ2n) is 4.38. The summed E-state index contributed by atoms with van der Waals surface area (Å²) in [7, 11) is 0. The first-order valence-corrected chi connectivity index (χ1v) is 6.38. The summed E-state index contributed by atoms with van der Waals surface area (Å²) in [5.74, 6) is 0. The second kappa shape index (κ2) is 6.78. The number of hydrogen-bond donors (Lipinski definition) is 1. The van der Waals surface area contributed by atoms with E-state index in [1.807, 2.05) is 0 Å². The van der Waals surface area contributed by atoms with E-state index in [2.05, 4.69) is 12.2 Å². The van der Waals surface area contributed by atoms with Gasteiger partial charge in [-0.25, -0.2) is 0 Å². The maximum Gasteiger partial charge on any atom is 0.407 e. The van der Waals surface area contributed by atoms with Crippen molar-refractivity contribution < 1.29 is 13.2 Å². The smallest absolute Gasteiger partial charge is 0.303 e. The van der Waals surface area contributed by atoms with Gasteiger partial charge in [0.05, 0.1) is 0 Å². The van der Waals surface area contributed by atoms with E-state index in [-0.39, 0.29) is 5.56 Å². The molecular formula is C14H20F3N. The number of aryl methyl sites for hydroxylation is 1. The Morgan fingerprint density at radius 2 is 1.72 bits per heavy atom. The molecule has 1 unspecified atom stereocenters. The van der Waals surface area contributed by atoms with Gasteiger partial charge in [-0.15, -0.1) is 0 Å². The second-order valence-corrected chi connectivity index (χ2v) is 4.38. The van der Waals surface area contributed by atoms with Gasteiger partial charge in [0.15, 0.2) is 0 Å². The van der Waals surface area contributed by atoms with Crippen molar-refractivity contribution in [2.24, 2.45) is 0 Å². The molecule has 0 aliphatic carbocycles. The highest BCUT2D eigenvalue weighted by molar-refractivity contribution is 5.26. The number of rotatable bonds is 6. The molecule has 1 N–H and O–H groups in total. The molecule has 18 heavy (non-hydrogen) atoms. The fourth-order valence-corrected chi connectivity index (χ4v) is 1.88. The summed E-state index contributed by atoms with van der Waals surface area (Å²) in [4.78, 5) is 0. The summed E-state index contributed by atoms with van der Waals surface area (Å²) in [6.45, 7) is 4.06. The van der Waals surface area contributed by atoms with E-state index >= 15 is 0 Å². The molecule has 0 fully saturated rings. The van der Waals surface area contributed by atoms with Gasteiger partial charge in [0.1, 0.15) is 6.04 Å². The van der Waals surface area contributed by atoms with Crippen molar-refractivity contribution in [3.63, 3.8) is 0 Å². The Hall–Kier alpha value is -1.03. The Balaban J connectivity index is 2.80. The van der Waals surface area contributed by atoms with Crippen LogP contribution in [-0.4, -0.2) is 12.7 Å². The van der Waals surface area contributed by atoms with Gasteiger partial charge in [-0.2, -0.15) is 13.2 Å². The molecule has 0 bridgehead atoms. The van der Waals surface area contributed by atoms with Crippen molar-refractivity contribution >= 4 is 0 Å². The molecule has 0 saturated carbocycles. The van der Waals surface area contributed by atoms with Crippen molar-refractivity contribution in [1.29, 1.82) is 0 Å². The molecule has 0 aliphatic rings. The summed E-state index contributed by atoms with van der Waals surface area (Å²) in [6, 6.07) is 5.17. The third kappa shape index (κ3) is 4.33. The Labute approximate surface area is 106 Å². The first-order chi connectivity index (χ1) is 8.49. The van der Waals surface area contributed by atoms with E-state index in [0.29, 0.717) is 6.54 Å². The Morgan fingerprint density at radius 1 is 1.11 bits per heavy atom. The maximum atomic E-state index is 12.8. The van der Waals surface area contributed by atoms with Gasteiger partial charge in [0.2, 0.25) is 0 Å². The lowest BCUT2D eigenvalue weighted by Crippen LogP contribution is -2.33. The SMILES string of the molecule is CCCCc1ccc(C(NCC)C(F)(F)F)cc1. The standard InChI is InChI=1S/C14H20F3N/c1-3-5-6-11-7-9-12(10-8-11)13(18-4-2)14(15,16)17/h7-10,13,18H,3-6H2,1-2H3. The molecular weight excluding hydrogens is 239 g/mol. The highest BCUT2D eigenvalue weighted by atomic mass is 19.4. The van der Waals surface area contributed by atoms with Crippen molar-refractivity contribution in [1.82, 2.24) is 5.32 Å². The molecule has 1 aromatic carbocycles. The molecule has 0 spiro atoms. The highest BCUT2D eigenvalue weighted by Gasteiger charge is 2.39. The quantitative estimate of drug-likeness (QED) is 0.805. The molecule has 1 aromatic rings. The molecule has 0 radical (unpaired) electrons. The van der Waals surface area contributed by atoms with Crippen LogP contribution >= 0.6 is 0 Å². The van der Waals surface area contributed by atoms with Gasteiger partial charge >= 0.3 is 6.18 Å². The predicted molar refractivity (Wildman–Crippen MR) is 67.5 cm³/mol. The third-order valence-corrected chi connectivity index (χ3v) is 2.87. The Kier molecular flexibility index (Phi) is 5.66. The molecule has 1 rings (SSSR count). The van der Waals surface area contributed by atoms with Crippen LogP contribution in [0.5, 0.6) is 0 Å². The summed E-state index contributed by atoms with van der Waals surface area (Å²) < 4.78 is 38.5. The average molecular weight is 259 g/mol. The highest BCUT2D eigenvalue weighted by Crippen LogP contribution is 2.32. The zero-order chi connectivity index (χ0) is 13.6. The van der Waals surface area contributed by atoms with Gasteiger partial charge in [-0.05, 0) is 30.5 Å². The van der Waals surface area contributed by atoms with Gasteiger partial charge in [-0.3, -0.25) is 0 Å². The van der Waals surface area contributed by atoms with Crippen molar-refractivity contribution in [3.05, 3.63) is 35.4 Å². The fraction of sp³-hybridized carbons (Fsp3) is 0.571. The van der Waals surface area contributed by atoms with Crippen LogP contribution in [0.3, 0.4) is 0 Å². The summed E-state index contributed by atoms with van der Waals surface area (Å²) in [6.07, 6.45) is -1.17. The molecule has 0 aliphatic heterocycles. The molecule has 102 valence electrons. The minimum absolute atomic E-state index is 0.282. The number of benzene rings is 1. The minimum Gasteiger partial charge on any atom is -0.303 e. The molecule has 0 heterocycles. The fourth-order valence-electron chi connectivity index (χ4n) is 1.88. The van der Waals surface area contributed by atoms with Crippen LogP contribution in [0.2, 0.25) is 0 Å². The maximum absolute atomic E-state index is 12.8. The number of nitrogens with one attached hydrogen (secondary N) is 1. The summed E-state index contributed by atoms with van der Waals surface area (Å²) in [5, 5.41) is 2.48. The normalized spacial score (nSPS) is 13.6. The molecule has 1 atom stereocenters. The van der Waals surface area contributed by atoms with Crippen LogP contribution in [0.25, 0.3) is 0 Å². The minimum atomic E-state index is -4.25. The molecule has 0 aromatic heterocycles. The van der Waals surface area contributed by atoms with Crippen molar-refractivity contribution in [3.8, 4) is 0 Å². The lowest BCUT2D eigenvalue weighted by atomic mass is 10.0.